The van der Waals surface area contributed by atoms with Crippen LogP contribution in [-0.4, -0.2) is 21.2 Å². The Bertz CT molecular complexity index is 481. The third-order valence-corrected chi connectivity index (χ3v) is 2.59. The van der Waals surface area contributed by atoms with Crippen LogP contribution in [0.1, 0.15) is 18.3 Å². The zero-order valence-corrected chi connectivity index (χ0v) is 8.62. The van der Waals surface area contributed by atoms with Gasteiger partial charge in [-0.15, -0.1) is 0 Å². The molecule has 0 amide bonds. The van der Waals surface area contributed by atoms with E-state index < -0.39 is 11.4 Å². The Labute approximate surface area is 91.7 Å². The molecule has 0 aliphatic rings. The lowest BCUT2D eigenvalue weighted by Crippen LogP contribution is -2.34. The number of nitrogens with zero attached hydrogens (tertiary/aromatic N) is 2. The van der Waals surface area contributed by atoms with Crippen molar-refractivity contribution in [3.63, 3.8) is 0 Å². The van der Waals surface area contributed by atoms with Crippen LogP contribution in [0.15, 0.2) is 41.2 Å². The topological polar surface area (TPSA) is 76.2 Å². The highest BCUT2D eigenvalue weighted by atomic mass is 16.5. The summed E-state index contributed by atoms with van der Waals surface area (Å²) in [5.74, 6) is -0.869. The quantitative estimate of drug-likeness (QED) is 0.843. The van der Waals surface area contributed by atoms with Crippen molar-refractivity contribution in [3.8, 4) is 0 Å². The van der Waals surface area contributed by atoms with Crippen molar-refractivity contribution in [2.45, 2.75) is 12.3 Å². The van der Waals surface area contributed by atoms with Gasteiger partial charge >= 0.3 is 5.97 Å². The van der Waals surface area contributed by atoms with E-state index in [2.05, 4.69) is 14.7 Å². The van der Waals surface area contributed by atoms with Crippen LogP contribution in [0.5, 0.6) is 0 Å². The Hall–Kier alpha value is -2.17. The van der Waals surface area contributed by atoms with Crippen LogP contribution in [-0.2, 0) is 10.2 Å². The van der Waals surface area contributed by atoms with Gasteiger partial charge in [-0.25, -0.2) is 0 Å². The normalized spacial score (nSPS) is 14.3. The summed E-state index contributed by atoms with van der Waals surface area (Å²) < 4.78 is 4.61. The number of rotatable bonds is 3. The van der Waals surface area contributed by atoms with Gasteiger partial charge in [-0.2, -0.15) is 4.98 Å². The summed E-state index contributed by atoms with van der Waals surface area (Å²) in [4.78, 5) is 15.2. The highest BCUT2D eigenvalue weighted by Crippen LogP contribution is 2.29. The molecule has 0 bridgehead atoms. The SMILES string of the molecule is CC(C(=O)O)(c1ccccc1)c1ncon1. The maximum atomic E-state index is 11.4. The highest BCUT2D eigenvalue weighted by molar-refractivity contribution is 5.84. The van der Waals surface area contributed by atoms with Crippen LogP contribution in [0.3, 0.4) is 0 Å². The van der Waals surface area contributed by atoms with Crippen molar-refractivity contribution in [1.29, 1.82) is 0 Å². The molecular weight excluding hydrogens is 208 g/mol. The average molecular weight is 218 g/mol. The van der Waals surface area contributed by atoms with E-state index in [4.69, 9.17) is 0 Å². The van der Waals surface area contributed by atoms with E-state index in [1.807, 2.05) is 6.07 Å². The number of aromatic nitrogens is 2. The molecule has 5 heteroatoms. The molecule has 0 aliphatic carbocycles. The molecule has 1 aromatic carbocycles. The first-order valence-electron chi connectivity index (χ1n) is 4.71. The number of hydrogen-bond acceptors (Lipinski definition) is 4. The highest BCUT2D eigenvalue weighted by Gasteiger charge is 2.41. The van der Waals surface area contributed by atoms with Gasteiger partial charge in [-0.1, -0.05) is 35.5 Å². The van der Waals surface area contributed by atoms with Crippen LogP contribution < -0.4 is 0 Å². The van der Waals surface area contributed by atoms with Gasteiger partial charge in [0.05, 0.1) is 0 Å². The van der Waals surface area contributed by atoms with Crippen LogP contribution >= 0.6 is 0 Å². The lowest BCUT2D eigenvalue weighted by Gasteiger charge is -2.21. The molecule has 2 rings (SSSR count). The Morgan fingerprint density at radius 2 is 2.06 bits per heavy atom. The van der Waals surface area contributed by atoms with Crippen molar-refractivity contribution >= 4 is 5.97 Å². The van der Waals surface area contributed by atoms with Crippen molar-refractivity contribution in [2.75, 3.05) is 0 Å². The van der Waals surface area contributed by atoms with Gasteiger partial charge in [0.1, 0.15) is 0 Å². The zero-order valence-electron chi connectivity index (χ0n) is 8.62. The van der Waals surface area contributed by atoms with E-state index in [0.29, 0.717) is 5.56 Å². The fraction of sp³-hybridized carbons (Fsp3) is 0.182. The second kappa shape index (κ2) is 3.77. The summed E-state index contributed by atoms with van der Waals surface area (Å²) in [6.07, 6.45) is 1.12. The molecule has 16 heavy (non-hydrogen) atoms. The first kappa shape index (κ1) is 10.4. The minimum Gasteiger partial charge on any atom is -0.480 e. The van der Waals surface area contributed by atoms with Crippen molar-refractivity contribution < 1.29 is 14.4 Å². The van der Waals surface area contributed by atoms with Crippen LogP contribution in [0.4, 0.5) is 0 Å². The van der Waals surface area contributed by atoms with Gasteiger partial charge in [-0.3, -0.25) is 4.79 Å². The molecule has 2 aromatic rings. The third-order valence-electron chi connectivity index (χ3n) is 2.59. The Morgan fingerprint density at radius 3 is 2.56 bits per heavy atom. The van der Waals surface area contributed by atoms with Crippen LogP contribution in [0, 0.1) is 0 Å². The van der Waals surface area contributed by atoms with Crippen molar-refractivity contribution in [3.05, 3.63) is 48.1 Å². The summed E-state index contributed by atoms with van der Waals surface area (Å²) in [6.45, 7) is 1.55. The van der Waals surface area contributed by atoms with E-state index in [9.17, 15) is 9.90 Å². The van der Waals surface area contributed by atoms with E-state index in [-0.39, 0.29) is 5.82 Å². The molecule has 1 heterocycles. The van der Waals surface area contributed by atoms with Crippen LogP contribution in [0.2, 0.25) is 0 Å². The number of hydrogen-bond donors (Lipinski definition) is 1. The van der Waals surface area contributed by atoms with E-state index in [1.54, 1.807) is 31.2 Å². The van der Waals surface area contributed by atoms with Gasteiger partial charge in [0, 0.05) is 0 Å². The van der Waals surface area contributed by atoms with E-state index in [0.717, 1.165) is 6.39 Å². The molecule has 0 saturated heterocycles. The van der Waals surface area contributed by atoms with Gasteiger partial charge < -0.3 is 9.63 Å². The summed E-state index contributed by atoms with van der Waals surface area (Å²) in [7, 11) is 0. The van der Waals surface area contributed by atoms with Crippen molar-refractivity contribution in [2.24, 2.45) is 0 Å². The van der Waals surface area contributed by atoms with E-state index in [1.165, 1.54) is 0 Å². The molecular formula is C11H10N2O3. The standard InChI is InChI=1S/C11H10N2O3/c1-11(10(14)15,9-12-7-16-13-9)8-5-3-2-4-6-8/h2-7H,1H3,(H,14,15). The predicted molar refractivity (Wildman–Crippen MR) is 54.8 cm³/mol. The maximum absolute atomic E-state index is 11.4. The second-order valence-corrected chi connectivity index (χ2v) is 3.55. The largest absolute Gasteiger partial charge is 0.480 e. The second-order valence-electron chi connectivity index (χ2n) is 3.55. The Balaban J connectivity index is 2.58. The van der Waals surface area contributed by atoms with Gasteiger partial charge in [0.25, 0.3) is 0 Å². The molecule has 0 aliphatic heterocycles. The first-order valence-corrected chi connectivity index (χ1v) is 4.71. The monoisotopic (exact) mass is 218 g/mol. The molecule has 1 atom stereocenters. The number of aliphatic carboxylic acids is 1. The average Bonchev–Trinajstić information content (AvgIpc) is 2.82. The molecule has 0 saturated carbocycles. The molecule has 0 spiro atoms. The van der Waals surface area contributed by atoms with Crippen LogP contribution in [0.25, 0.3) is 0 Å². The predicted octanol–water partition coefficient (Wildman–Crippen LogP) is 1.46. The Kier molecular flexibility index (Phi) is 2.44. The summed E-state index contributed by atoms with van der Waals surface area (Å²) in [5, 5.41) is 13.0. The number of benzene rings is 1. The maximum Gasteiger partial charge on any atom is 0.321 e. The van der Waals surface area contributed by atoms with E-state index >= 15 is 0 Å². The first-order chi connectivity index (χ1) is 7.65. The fourth-order valence-electron chi connectivity index (χ4n) is 1.51. The minimum absolute atomic E-state index is 0.145. The smallest absolute Gasteiger partial charge is 0.321 e. The molecule has 82 valence electrons. The summed E-state index contributed by atoms with van der Waals surface area (Å²) in [5.41, 5.74) is -0.669. The molecule has 1 unspecified atom stereocenters. The lowest BCUT2D eigenvalue weighted by atomic mass is 9.82. The molecule has 1 aromatic heterocycles. The molecule has 1 N–H and O–H groups in total. The minimum atomic E-state index is -1.28. The van der Waals surface area contributed by atoms with Gasteiger partial charge in [0.2, 0.25) is 6.39 Å². The number of carboxylic acids is 1. The zero-order chi connectivity index (χ0) is 11.6. The molecule has 0 fully saturated rings. The molecule has 5 nitrogen and oxygen atoms in total. The lowest BCUT2D eigenvalue weighted by molar-refractivity contribution is -0.141. The van der Waals surface area contributed by atoms with Crippen molar-refractivity contribution in [1.82, 2.24) is 10.1 Å². The third kappa shape index (κ3) is 1.46. The fourth-order valence-corrected chi connectivity index (χ4v) is 1.51. The summed E-state index contributed by atoms with van der Waals surface area (Å²) >= 11 is 0. The number of carboxylic acid groups (broad SMARTS) is 1. The summed E-state index contributed by atoms with van der Waals surface area (Å²) in [6, 6.07) is 8.82. The van der Waals surface area contributed by atoms with Gasteiger partial charge in [0.15, 0.2) is 11.2 Å². The van der Waals surface area contributed by atoms with Gasteiger partial charge in [-0.05, 0) is 12.5 Å². The Morgan fingerprint density at radius 1 is 1.38 bits per heavy atom. The molecule has 0 radical (unpaired) electrons. The number of carbonyl (C=O) groups is 1.